The Morgan fingerprint density at radius 1 is 1.19 bits per heavy atom. The van der Waals surface area contributed by atoms with Crippen molar-refractivity contribution < 1.29 is 4.79 Å². The van der Waals surface area contributed by atoms with Gasteiger partial charge in [0.05, 0.1) is 0 Å². The maximum atomic E-state index is 12.2. The molecular formula is C16H32N4O. The molecule has 1 N–H and O–H groups in total. The third-order valence-corrected chi connectivity index (χ3v) is 4.89. The van der Waals surface area contributed by atoms with Crippen molar-refractivity contribution in [3.05, 3.63) is 0 Å². The zero-order chi connectivity index (χ0) is 15.1. The van der Waals surface area contributed by atoms with Crippen molar-refractivity contribution in [1.82, 2.24) is 20.0 Å². The lowest BCUT2D eigenvalue weighted by atomic mass is 10.1. The molecule has 5 nitrogen and oxygen atoms in total. The minimum Gasteiger partial charge on any atom is -0.340 e. The van der Waals surface area contributed by atoms with E-state index in [0.29, 0.717) is 12.3 Å². The number of piperazine rings is 1. The van der Waals surface area contributed by atoms with Gasteiger partial charge < -0.3 is 20.0 Å². The van der Waals surface area contributed by atoms with Gasteiger partial charge in [0.15, 0.2) is 0 Å². The second-order valence-corrected chi connectivity index (χ2v) is 6.32. The van der Waals surface area contributed by atoms with Crippen LogP contribution in [0.1, 0.15) is 26.7 Å². The highest BCUT2D eigenvalue weighted by atomic mass is 16.2. The van der Waals surface area contributed by atoms with Crippen LogP contribution in [-0.2, 0) is 4.79 Å². The Balaban J connectivity index is 1.64. The summed E-state index contributed by atoms with van der Waals surface area (Å²) in [5.41, 5.74) is 0. The van der Waals surface area contributed by atoms with Gasteiger partial charge in [0.25, 0.3) is 0 Å². The number of nitrogens with one attached hydrogen (secondary N) is 1. The molecule has 0 aromatic rings. The molecule has 0 aromatic carbocycles. The minimum atomic E-state index is 0.337. The molecule has 2 heterocycles. The lowest BCUT2D eigenvalue weighted by molar-refractivity contribution is -0.132. The van der Waals surface area contributed by atoms with Crippen LogP contribution in [-0.4, -0.2) is 86.1 Å². The highest BCUT2D eigenvalue weighted by Crippen LogP contribution is 2.17. The van der Waals surface area contributed by atoms with Crippen LogP contribution < -0.4 is 5.32 Å². The van der Waals surface area contributed by atoms with Crippen LogP contribution in [0.2, 0.25) is 0 Å². The van der Waals surface area contributed by atoms with Crippen LogP contribution in [0.3, 0.4) is 0 Å². The number of rotatable bonds is 7. The molecule has 1 amide bonds. The van der Waals surface area contributed by atoms with Crippen LogP contribution in [0.4, 0.5) is 0 Å². The van der Waals surface area contributed by atoms with Crippen LogP contribution in [0.5, 0.6) is 0 Å². The molecule has 0 radical (unpaired) electrons. The molecule has 1 atom stereocenters. The third kappa shape index (κ3) is 5.24. The van der Waals surface area contributed by atoms with E-state index < -0.39 is 0 Å². The predicted molar refractivity (Wildman–Crippen MR) is 86.4 cm³/mol. The zero-order valence-electron chi connectivity index (χ0n) is 13.8. The Bertz CT molecular complexity index is 313. The Morgan fingerprint density at radius 3 is 2.57 bits per heavy atom. The maximum absolute atomic E-state index is 12.2. The van der Waals surface area contributed by atoms with E-state index in [-0.39, 0.29) is 0 Å². The van der Waals surface area contributed by atoms with Crippen LogP contribution >= 0.6 is 0 Å². The van der Waals surface area contributed by atoms with Crippen molar-refractivity contribution in [3.8, 4) is 0 Å². The van der Waals surface area contributed by atoms with E-state index in [9.17, 15) is 4.79 Å². The monoisotopic (exact) mass is 296 g/mol. The van der Waals surface area contributed by atoms with E-state index in [2.05, 4.69) is 29.0 Å². The van der Waals surface area contributed by atoms with E-state index >= 15 is 0 Å². The molecule has 0 saturated carbocycles. The molecular weight excluding hydrogens is 264 g/mol. The second kappa shape index (κ2) is 8.71. The molecule has 21 heavy (non-hydrogen) atoms. The lowest BCUT2D eigenvalue weighted by Crippen LogP contribution is -2.47. The Labute approximate surface area is 129 Å². The maximum Gasteiger partial charge on any atom is 0.223 e. The second-order valence-electron chi connectivity index (χ2n) is 6.32. The lowest BCUT2D eigenvalue weighted by Gasteiger charge is -2.28. The summed E-state index contributed by atoms with van der Waals surface area (Å²) in [6.45, 7) is 14.9. The average molecular weight is 296 g/mol. The summed E-state index contributed by atoms with van der Waals surface area (Å²) < 4.78 is 0. The summed E-state index contributed by atoms with van der Waals surface area (Å²) in [5.74, 6) is 1.13. The number of carbonyl (C=O) groups is 1. The molecule has 2 aliphatic rings. The molecule has 5 heteroatoms. The van der Waals surface area contributed by atoms with Gasteiger partial charge in [-0.25, -0.2) is 0 Å². The standard InChI is InChI=1S/C16H32N4O/c1-3-18(4-2)13-15-5-9-19(14-15)10-6-16(21)20-11-7-17-8-12-20/h15,17H,3-14H2,1-2H3. The van der Waals surface area contributed by atoms with Crippen molar-refractivity contribution in [1.29, 1.82) is 0 Å². The summed E-state index contributed by atoms with van der Waals surface area (Å²) in [6.07, 6.45) is 1.98. The number of likely N-dealkylation sites (tertiary alicyclic amines) is 1. The Morgan fingerprint density at radius 2 is 1.90 bits per heavy atom. The zero-order valence-corrected chi connectivity index (χ0v) is 13.8. The number of hydrogen-bond donors (Lipinski definition) is 1. The first-order chi connectivity index (χ1) is 10.2. The van der Waals surface area contributed by atoms with E-state index in [1.165, 1.54) is 26.1 Å². The quantitative estimate of drug-likeness (QED) is 0.741. The summed E-state index contributed by atoms with van der Waals surface area (Å²) in [5, 5.41) is 3.29. The topological polar surface area (TPSA) is 38.8 Å². The van der Waals surface area contributed by atoms with Crippen molar-refractivity contribution in [2.75, 3.05) is 65.4 Å². The minimum absolute atomic E-state index is 0.337. The highest BCUT2D eigenvalue weighted by molar-refractivity contribution is 5.76. The highest BCUT2D eigenvalue weighted by Gasteiger charge is 2.24. The van der Waals surface area contributed by atoms with E-state index in [4.69, 9.17) is 0 Å². The van der Waals surface area contributed by atoms with E-state index in [1.807, 2.05) is 4.90 Å². The molecule has 0 bridgehead atoms. The van der Waals surface area contributed by atoms with Gasteiger partial charge in [-0.2, -0.15) is 0 Å². The van der Waals surface area contributed by atoms with Crippen molar-refractivity contribution >= 4 is 5.91 Å². The fraction of sp³-hybridized carbons (Fsp3) is 0.938. The fourth-order valence-electron chi connectivity index (χ4n) is 3.44. The molecule has 2 saturated heterocycles. The Kier molecular flexibility index (Phi) is 6.93. The molecule has 0 spiro atoms. The van der Waals surface area contributed by atoms with Crippen LogP contribution in [0, 0.1) is 5.92 Å². The smallest absolute Gasteiger partial charge is 0.223 e. The Hall–Kier alpha value is -0.650. The SMILES string of the molecule is CCN(CC)CC1CCN(CCC(=O)N2CCNCC2)C1. The molecule has 0 aromatic heterocycles. The summed E-state index contributed by atoms with van der Waals surface area (Å²) in [6, 6.07) is 0. The van der Waals surface area contributed by atoms with E-state index in [0.717, 1.165) is 51.7 Å². The summed E-state index contributed by atoms with van der Waals surface area (Å²) >= 11 is 0. The number of hydrogen-bond acceptors (Lipinski definition) is 4. The van der Waals surface area contributed by atoms with E-state index in [1.54, 1.807) is 0 Å². The number of amides is 1. The molecule has 2 rings (SSSR count). The van der Waals surface area contributed by atoms with Gasteiger partial charge in [-0.05, 0) is 32.0 Å². The average Bonchev–Trinajstić information content (AvgIpc) is 2.98. The number of nitrogens with zero attached hydrogens (tertiary/aromatic N) is 3. The van der Waals surface area contributed by atoms with Crippen molar-refractivity contribution in [3.63, 3.8) is 0 Å². The fourth-order valence-corrected chi connectivity index (χ4v) is 3.44. The molecule has 122 valence electrons. The molecule has 1 unspecified atom stereocenters. The first-order valence-electron chi connectivity index (χ1n) is 8.66. The van der Waals surface area contributed by atoms with Gasteiger partial charge in [-0.1, -0.05) is 13.8 Å². The van der Waals surface area contributed by atoms with Gasteiger partial charge in [0, 0.05) is 52.2 Å². The normalized spacial score (nSPS) is 24.0. The first kappa shape index (κ1) is 16.7. The van der Waals surface area contributed by atoms with Gasteiger partial charge in [-0.3, -0.25) is 4.79 Å². The van der Waals surface area contributed by atoms with Gasteiger partial charge in [0.2, 0.25) is 5.91 Å². The molecule has 2 aliphatic heterocycles. The van der Waals surface area contributed by atoms with Crippen LogP contribution in [0.15, 0.2) is 0 Å². The van der Waals surface area contributed by atoms with Crippen molar-refractivity contribution in [2.24, 2.45) is 5.92 Å². The van der Waals surface area contributed by atoms with Crippen LogP contribution in [0.25, 0.3) is 0 Å². The predicted octanol–water partition coefficient (Wildman–Crippen LogP) is 0.472. The largest absolute Gasteiger partial charge is 0.340 e. The summed E-state index contributed by atoms with van der Waals surface area (Å²) in [7, 11) is 0. The van der Waals surface area contributed by atoms with Gasteiger partial charge in [-0.15, -0.1) is 0 Å². The summed E-state index contributed by atoms with van der Waals surface area (Å²) in [4.78, 5) is 19.2. The van der Waals surface area contributed by atoms with Crippen molar-refractivity contribution in [2.45, 2.75) is 26.7 Å². The number of carbonyl (C=O) groups excluding carboxylic acids is 1. The van der Waals surface area contributed by atoms with Gasteiger partial charge in [0.1, 0.15) is 0 Å². The molecule has 0 aliphatic carbocycles. The third-order valence-electron chi connectivity index (χ3n) is 4.89. The first-order valence-corrected chi connectivity index (χ1v) is 8.66. The molecule has 2 fully saturated rings. The van der Waals surface area contributed by atoms with Gasteiger partial charge >= 0.3 is 0 Å².